The van der Waals surface area contributed by atoms with Crippen LogP contribution in [0.3, 0.4) is 0 Å². The van der Waals surface area contributed by atoms with E-state index in [0.29, 0.717) is 32.9 Å². The van der Waals surface area contributed by atoms with Crippen molar-refractivity contribution in [2.24, 2.45) is 0 Å². The number of aromatic nitrogens is 4. The molecule has 3 rings (SSSR count). The maximum Gasteiger partial charge on any atom is 0.316 e. The molecule has 3 aromatic rings. The molecule has 0 spiro atoms. The number of nitrogens with zero attached hydrogens (tertiary/aromatic N) is 4. The largest absolute Gasteiger partial charge is 0.459 e. The number of carbonyl (C=O) groups excluding carboxylic acids is 1. The van der Waals surface area contributed by atoms with Crippen molar-refractivity contribution in [3.63, 3.8) is 0 Å². The fourth-order valence-electron chi connectivity index (χ4n) is 3.55. The Bertz CT molecular complexity index is 1290. The Morgan fingerprint density at radius 2 is 1.92 bits per heavy atom. The van der Waals surface area contributed by atoms with Crippen LogP contribution in [-0.4, -0.2) is 48.9 Å². The number of fused-ring (bicyclic) bond motifs is 1. The van der Waals surface area contributed by atoms with Crippen molar-refractivity contribution in [3.8, 4) is 0 Å². The number of benzene rings is 1. The summed E-state index contributed by atoms with van der Waals surface area (Å²) in [4.78, 5) is 26.8. The van der Waals surface area contributed by atoms with Gasteiger partial charge in [0, 0.05) is 10.8 Å². The molecule has 11 heteroatoms. The lowest BCUT2D eigenvalue weighted by molar-refractivity contribution is -0.151. The van der Waals surface area contributed by atoms with Gasteiger partial charge >= 0.3 is 5.97 Å². The van der Waals surface area contributed by atoms with Crippen LogP contribution < -0.4 is 5.49 Å². The molecule has 0 unspecified atom stereocenters. The molecule has 0 amide bonds. The first-order chi connectivity index (χ1) is 17.6. The fraction of sp³-hybridized carbons (Fsp3) is 0.500. The standard InChI is InChI=1S/C26H34ClN5O2S3/c1-6-7-8-9-13-36-24-29-22-20(23(31-24)35-5)21(28)32(15-17-11-10-12-18(27)14-17)25(30-22)37-16-19(33)34-26(2,3)4/h10-12,14,28H,6-9,13,15-16H2,1-5H3. The summed E-state index contributed by atoms with van der Waals surface area (Å²) in [5.74, 6) is 0.676. The van der Waals surface area contributed by atoms with Gasteiger partial charge in [-0.25, -0.2) is 15.0 Å². The van der Waals surface area contributed by atoms with E-state index in [1.165, 1.54) is 42.8 Å². The van der Waals surface area contributed by atoms with Crippen LogP contribution in [0.15, 0.2) is 39.6 Å². The first-order valence-electron chi connectivity index (χ1n) is 12.2. The van der Waals surface area contributed by atoms with E-state index in [4.69, 9.17) is 36.7 Å². The minimum absolute atomic E-state index is 0.0737. The molecule has 0 aliphatic carbocycles. The third kappa shape index (κ3) is 8.90. The second-order valence-corrected chi connectivity index (χ2v) is 12.7. The number of rotatable bonds is 12. The summed E-state index contributed by atoms with van der Waals surface area (Å²) >= 11 is 10.6. The summed E-state index contributed by atoms with van der Waals surface area (Å²) in [5, 5.41) is 12.2. The molecule has 0 fully saturated rings. The van der Waals surface area contributed by atoms with Crippen LogP contribution in [0.2, 0.25) is 5.02 Å². The summed E-state index contributed by atoms with van der Waals surface area (Å²) in [6, 6.07) is 7.51. The van der Waals surface area contributed by atoms with Crippen molar-refractivity contribution in [1.29, 1.82) is 5.41 Å². The second-order valence-electron chi connectivity index (χ2n) is 9.46. The molecule has 2 aromatic heterocycles. The number of esters is 1. The van der Waals surface area contributed by atoms with E-state index in [0.717, 1.165) is 22.8 Å². The van der Waals surface area contributed by atoms with Gasteiger partial charge in [0.05, 0.1) is 17.7 Å². The lowest BCUT2D eigenvalue weighted by Crippen LogP contribution is -2.27. The zero-order chi connectivity index (χ0) is 27.0. The van der Waals surface area contributed by atoms with Gasteiger partial charge in [-0.15, -0.1) is 11.8 Å². The van der Waals surface area contributed by atoms with Gasteiger partial charge in [-0.3, -0.25) is 10.2 Å². The van der Waals surface area contributed by atoms with Crippen molar-refractivity contribution in [2.75, 3.05) is 17.8 Å². The molecule has 2 heterocycles. The monoisotopic (exact) mass is 579 g/mol. The van der Waals surface area contributed by atoms with E-state index in [9.17, 15) is 4.79 Å². The smallest absolute Gasteiger partial charge is 0.316 e. The minimum atomic E-state index is -0.574. The zero-order valence-electron chi connectivity index (χ0n) is 22.0. The van der Waals surface area contributed by atoms with Crippen LogP contribution in [0, 0.1) is 5.41 Å². The highest BCUT2D eigenvalue weighted by molar-refractivity contribution is 8.00. The van der Waals surface area contributed by atoms with Gasteiger partial charge in [0.15, 0.2) is 16.0 Å². The van der Waals surface area contributed by atoms with Crippen LogP contribution in [0.25, 0.3) is 11.0 Å². The number of nitrogens with one attached hydrogen (secondary N) is 1. The Hall–Kier alpha value is -1.75. The number of halogens is 1. The van der Waals surface area contributed by atoms with E-state index < -0.39 is 5.60 Å². The minimum Gasteiger partial charge on any atom is -0.459 e. The van der Waals surface area contributed by atoms with Gasteiger partial charge in [-0.05, 0) is 51.1 Å². The molecule has 0 aliphatic rings. The van der Waals surface area contributed by atoms with Crippen LogP contribution in [0.1, 0.15) is 58.9 Å². The summed E-state index contributed by atoms with van der Waals surface area (Å²) in [5.41, 5.74) is 1.07. The molecule has 0 saturated heterocycles. The highest BCUT2D eigenvalue weighted by Crippen LogP contribution is 2.27. The Labute approximate surface area is 236 Å². The van der Waals surface area contributed by atoms with Crippen LogP contribution in [0.5, 0.6) is 0 Å². The zero-order valence-corrected chi connectivity index (χ0v) is 25.2. The molecular formula is C26H34ClN5O2S3. The van der Waals surface area contributed by atoms with Crippen molar-refractivity contribution < 1.29 is 9.53 Å². The molecule has 7 nitrogen and oxygen atoms in total. The summed E-state index contributed by atoms with van der Waals surface area (Å²) in [7, 11) is 0. The lowest BCUT2D eigenvalue weighted by Gasteiger charge is -2.20. The average molecular weight is 580 g/mol. The van der Waals surface area contributed by atoms with E-state index >= 15 is 0 Å². The summed E-state index contributed by atoms with van der Waals surface area (Å²) in [6.07, 6.45) is 6.67. The highest BCUT2D eigenvalue weighted by Gasteiger charge is 2.20. The van der Waals surface area contributed by atoms with Gasteiger partial charge in [-0.1, -0.05) is 73.4 Å². The predicted molar refractivity (Wildman–Crippen MR) is 155 cm³/mol. The first-order valence-corrected chi connectivity index (χ1v) is 15.8. The number of ether oxygens (including phenoxy) is 1. The highest BCUT2D eigenvalue weighted by atomic mass is 35.5. The molecule has 0 atom stereocenters. The van der Waals surface area contributed by atoms with Crippen LogP contribution >= 0.6 is 46.9 Å². The second kappa shape index (κ2) is 13.9. The Morgan fingerprint density at radius 3 is 2.59 bits per heavy atom. The topological polar surface area (TPSA) is 93.8 Å². The molecule has 1 N–H and O–H groups in total. The summed E-state index contributed by atoms with van der Waals surface area (Å²) < 4.78 is 7.27. The maximum absolute atomic E-state index is 12.5. The lowest BCUT2D eigenvalue weighted by atomic mass is 10.2. The fourth-order valence-corrected chi connectivity index (χ4v) is 6.00. The predicted octanol–water partition coefficient (Wildman–Crippen LogP) is 6.84. The van der Waals surface area contributed by atoms with Crippen LogP contribution in [-0.2, 0) is 16.1 Å². The van der Waals surface area contributed by atoms with E-state index in [-0.39, 0.29) is 17.2 Å². The quantitative estimate of drug-likeness (QED) is 0.0819. The van der Waals surface area contributed by atoms with Gasteiger partial charge in [0.1, 0.15) is 16.1 Å². The third-order valence-electron chi connectivity index (χ3n) is 5.17. The number of hydrogen-bond donors (Lipinski definition) is 1. The maximum atomic E-state index is 12.5. The van der Waals surface area contributed by atoms with Crippen molar-refractivity contribution in [3.05, 3.63) is 40.3 Å². The molecule has 0 aliphatic heterocycles. The van der Waals surface area contributed by atoms with Gasteiger partial charge in [0.25, 0.3) is 0 Å². The van der Waals surface area contributed by atoms with E-state index in [2.05, 4.69) is 6.92 Å². The molecule has 37 heavy (non-hydrogen) atoms. The van der Waals surface area contributed by atoms with Crippen molar-refractivity contribution in [1.82, 2.24) is 19.5 Å². The number of thioether (sulfide) groups is 3. The average Bonchev–Trinajstić information content (AvgIpc) is 2.83. The normalized spacial score (nSPS) is 11.7. The number of carbonyl (C=O) groups is 1. The molecular weight excluding hydrogens is 546 g/mol. The first kappa shape index (κ1) is 29.8. The summed E-state index contributed by atoms with van der Waals surface area (Å²) in [6.45, 7) is 8.10. The van der Waals surface area contributed by atoms with Gasteiger partial charge < -0.3 is 9.30 Å². The SMILES string of the molecule is CCCCCCSc1nc(SC)c2c(=N)n(Cc3cccc(Cl)c3)c(SCC(=O)OC(C)(C)C)nc2n1. The van der Waals surface area contributed by atoms with Crippen molar-refractivity contribution >= 4 is 63.9 Å². The molecule has 1 aromatic carbocycles. The van der Waals surface area contributed by atoms with Crippen LogP contribution in [0.4, 0.5) is 0 Å². The van der Waals surface area contributed by atoms with E-state index in [1.807, 2.05) is 51.3 Å². The van der Waals surface area contributed by atoms with Crippen molar-refractivity contribution in [2.45, 2.75) is 80.9 Å². The molecule has 0 saturated carbocycles. The van der Waals surface area contributed by atoms with Gasteiger partial charge in [0.2, 0.25) is 0 Å². The van der Waals surface area contributed by atoms with E-state index in [1.54, 1.807) is 16.3 Å². The molecule has 0 radical (unpaired) electrons. The number of hydrogen-bond acceptors (Lipinski definition) is 9. The third-order valence-corrected chi connectivity index (χ3v) is 7.97. The Kier molecular flexibility index (Phi) is 11.2. The Morgan fingerprint density at radius 1 is 1.14 bits per heavy atom. The van der Waals surface area contributed by atoms with Gasteiger partial charge in [-0.2, -0.15) is 0 Å². The Balaban J connectivity index is 2.01. The molecule has 200 valence electrons. The molecule has 0 bridgehead atoms. The number of unbranched alkanes of at least 4 members (excludes halogenated alkanes) is 3.